The fourth-order valence-corrected chi connectivity index (χ4v) is 3.77. The third kappa shape index (κ3) is 3.06. The van der Waals surface area contributed by atoms with Crippen molar-refractivity contribution in [3.63, 3.8) is 0 Å². The predicted molar refractivity (Wildman–Crippen MR) is 104 cm³/mol. The van der Waals surface area contributed by atoms with Crippen molar-refractivity contribution >= 4 is 16.6 Å². The Morgan fingerprint density at radius 2 is 1.74 bits per heavy atom. The Kier molecular flexibility index (Phi) is 4.04. The Hall–Kier alpha value is -2.54. The van der Waals surface area contributed by atoms with Crippen LogP contribution < -0.4 is 4.90 Å². The topological polar surface area (TPSA) is 71.2 Å². The van der Waals surface area contributed by atoms with E-state index in [1.165, 1.54) is 0 Å². The van der Waals surface area contributed by atoms with Crippen molar-refractivity contribution in [1.29, 1.82) is 0 Å². The second-order valence-electron chi connectivity index (χ2n) is 7.77. The summed E-state index contributed by atoms with van der Waals surface area (Å²) in [5, 5.41) is 15.3. The monoisotopic (exact) mass is 364 g/mol. The van der Waals surface area contributed by atoms with Gasteiger partial charge in [-0.2, -0.15) is 4.98 Å². The molecule has 1 aliphatic carbocycles. The average Bonchev–Trinajstić information content (AvgIpc) is 3.44. The highest BCUT2D eigenvalue weighted by Gasteiger charge is 2.30. The normalized spacial score (nSPS) is 18.6. The molecule has 0 amide bonds. The van der Waals surface area contributed by atoms with Crippen LogP contribution in [0.15, 0.2) is 28.8 Å². The molecule has 7 heteroatoms. The van der Waals surface area contributed by atoms with Crippen LogP contribution in [-0.4, -0.2) is 57.5 Å². The molecule has 1 saturated carbocycles. The van der Waals surface area contributed by atoms with E-state index in [0.29, 0.717) is 23.5 Å². The summed E-state index contributed by atoms with van der Waals surface area (Å²) in [5.74, 6) is 2.67. The Morgan fingerprint density at radius 3 is 2.44 bits per heavy atom. The van der Waals surface area contributed by atoms with Crippen molar-refractivity contribution in [3.05, 3.63) is 30.1 Å². The molecule has 3 aromatic rings. The maximum atomic E-state index is 5.50. The highest BCUT2D eigenvalue weighted by atomic mass is 16.5. The minimum atomic E-state index is 0.457. The van der Waals surface area contributed by atoms with E-state index in [4.69, 9.17) is 4.52 Å². The van der Waals surface area contributed by atoms with E-state index in [9.17, 15) is 0 Å². The molecule has 3 heterocycles. The number of nitrogens with zero attached hydrogens (tertiary/aromatic N) is 6. The maximum Gasteiger partial charge on any atom is 0.279 e. The molecule has 1 saturated heterocycles. The van der Waals surface area contributed by atoms with Crippen LogP contribution in [0.25, 0.3) is 22.4 Å². The van der Waals surface area contributed by atoms with E-state index < -0.39 is 0 Å². The molecule has 27 heavy (non-hydrogen) atoms. The van der Waals surface area contributed by atoms with Crippen molar-refractivity contribution < 1.29 is 4.52 Å². The number of fused-ring (bicyclic) bond motifs is 1. The molecule has 2 aliphatic rings. The summed E-state index contributed by atoms with van der Waals surface area (Å²) in [6.45, 7) is 8.51. The van der Waals surface area contributed by atoms with E-state index in [-0.39, 0.29) is 0 Å². The van der Waals surface area contributed by atoms with Crippen LogP contribution in [0.1, 0.15) is 38.4 Å². The Bertz CT molecular complexity index is 956. The van der Waals surface area contributed by atoms with E-state index >= 15 is 0 Å². The number of benzene rings is 1. The van der Waals surface area contributed by atoms with Gasteiger partial charge in [0.1, 0.15) is 0 Å². The lowest BCUT2D eigenvalue weighted by Gasteiger charge is -2.37. The van der Waals surface area contributed by atoms with Crippen molar-refractivity contribution in [2.45, 2.75) is 38.6 Å². The van der Waals surface area contributed by atoms with Gasteiger partial charge in [-0.3, -0.25) is 4.90 Å². The van der Waals surface area contributed by atoms with Gasteiger partial charge in [0.2, 0.25) is 0 Å². The van der Waals surface area contributed by atoms with Gasteiger partial charge < -0.3 is 9.42 Å². The lowest BCUT2D eigenvalue weighted by Crippen LogP contribution is -2.49. The molecule has 140 valence electrons. The van der Waals surface area contributed by atoms with Crippen LogP contribution in [0.3, 0.4) is 0 Å². The Morgan fingerprint density at radius 1 is 1.00 bits per heavy atom. The van der Waals surface area contributed by atoms with Crippen LogP contribution in [-0.2, 0) is 0 Å². The molecule has 0 unspecified atom stereocenters. The highest BCUT2D eigenvalue weighted by molar-refractivity contribution is 5.99. The summed E-state index contributed by atoms with van der Waals surface area (Å²) >= 11 is 0. The highest BCUT2D eigenvalue weighted by Crippen LogP contribution is 2.39. The molecule has 0 atom stereocenters. The zero-order valence-electron chi connectivity index (χ0n) is 15.8. The molecule has 0 N–H and O–H groups in total. The molecular weight excluding hydrogens is 340 g/mol. The number of piperazine rings is 1. The molecule has 1 aromatic carbocycles. The molecule has 2 aromatic heterocycles. The van der Waals surface area contributed by atoms with E-state index in [1.54, 1.807) is 0 Å². The van der Waals surface area contributed by atoms with Crippen LogP contribution in [0.4, 0.5) is 5.82 Å². The van der Waals surface area contributed by atoms with Crippen LogP contribution >= 0.6 is 0 Å². The summed E-state index contributed by atoms with van der Waals surface area (Å²) in [6.07, 6.45) is 2.29. The molecule has 0 spiro atoms. The van der Waals surface area contributed by atoms with Crippen molar-refractivity contribution in [2.24, 2.45) is 0 Å². The maximum absolute atomic E-state index is 5.50. The fraction of sp³-hybridized carbons (Fsp3) is 0.500. The molecule has 0 bridgehead atoms. The molecular formula is C20H24N6O. The third-order valence-corrected chi connectivity index (χ3v) is 5.60. The number of aromatic nitrogens is 4. The van der Waals surface area contributed by atoms with Crippen molar-refractivity contribution in [3.8, 4) is 11.6 Å². The first-order valence-electron chi connectivity index (χ1n) is 9.79. The van der Waals surface area contributed by atoms with E-state index in [0.717, 1.165) is 61.4 Å². The first-order chi connectivity index (χ1) is 13.2. The van der Waals surface area contributed by atoms with Gasteiger partial charge in [-0.1, -0.05) is 29.4 Å². The molecule has 2 fully saturated rings. The average molecular weight is 364 g/mol. The largest absolute Gasteiger partial charge is 0.352 e. The molecule has 5 rings (SSSR count). The summed E-state index contributed by atoms with van der Waals surface area (Å²) in [5.41, 5.74) is 0.676. The van der Waals surface area contributed by atoms with Gasteiger partial charge in [-0.25, -0.2) is 0 Å². The van der Waals surface area contributed by atoms with Gasteiger partial charge in [-0.15, -0.1) is 10.2 Å². The van der Waals surface area contributed by atoms with Gasteiger partial charge in [0.15, 0.2) is 17.3 Å². The number of rotatable bonds is 4. The summed E-state index contributed by atoms with van der Waals surface area (Å²) in [4.78, 5) is 9.40. The van der Waals surface area contributed by atoms with Gasteiger partial charge in [0.05, 0.1) is 0 Å². The van der Waals surface area contributed by atoms with Gasteiger partial charge in [0, 0.05) is 48.9 Å². The standard InChI is InChI=1S/C20H24N6O/c1-13(2)25-9-11-26(12-10-25)19-16-6-4-3-5-15(16)17(22-23-19)20-21-18(24-27-20)14-7-8-14/h3-6,13-14H,7-12H2,1-2H3. The summed E-state index contributed by atoms with van der Waals surface area (Å²) in [6, 6.07) is 8.82. The lowest BCUT2D eigenvalue weighted by molar-refractivity contribution is 0.209. The number of anilines is 1. The quantitative estimate of drug-likeness (QED) is 0.704. The van der Waals surface area contributed by atoms with Crippen LogP contribution in [0, 0.1) is 0 Å². The Labute approximate surface area is 158 Å². The zero-order valence-corrected chi connectivity index (χ0v) is 15.8. The van der Waals surface area contributed by atoms with Crippen LogP contribution in [0.2, 0.25) is 0 Å². The zero-order chi connectivity index (χ0) is 18.4. The second kappa shape index (κ2) is 6.56. The van der Waals surface area contributed by atoms with Crippen molar-refractivity contribution in [2.75, 3.05) is 31.1 Å². The lowest BCUT2D eigenvalue weighted by atomic mass is 10.1. The predicted octanol–water partition coefficient (Wildman–Crippen LogP) is 3.09. The molecule has 1 aliphatic heterocycles. The SMILES string of the molecule is CC(C)N1CCN(c2nnc(-c3nc(C4CC4)no3)c3ccccc23)CC1. The Balaban J connectivity index is 1.50. The minimum absolute atomic E-state index is 0.457. The third-order valence-electron chi connectivity index (χ3n) is 5.60. The van der Waals surface area contributed by atoms with Gasteiger partial charge in [-0.05, 0) is 26.7 Å². The number of hydrogen-bond donors (Lipinski definition) is 0. The smallest absolute Gasteiger partial charge is 0.279 e. The number of hydrogen-bond acceptors (Lipinski definition) is 7. The first-order valence-corrected chi connectivity index (χ1v) is 9.79. The van der Waals surface area contributed by atoms with Gasteiger partial charge in [0.25, 0.3) is 5.89 Å². The minimum Gasteiger partial charge on any atom is -0.352 e. The summed E-state index contributed by atoms with van der Waals surface area (Å²) < 4.78 is 5.50. The first kappa shape index (κ1) is 16.6. The van der Waals surface area contributed by atoms with E-state index in [1.807, 2.05) is 12.1 Å². The van der Waals surface area contributed by atoms with Crippen LogP contribution in [0.5, 0.6) is 0 Å². The fourth-order valence-electron chi connectivity index (χ4n) is 3.77. The molecule has 7 nitrogen and oxygen atoms in total. The second-order valence-corrected chi connectivity index (χ2v) is 7.77. The van der Waals surface area contributed by atoms with Crippen molar-refractivity contribution in [1.82, 2.24) is 25.2 Å². The molecule has 0 radical (unpaired) electrons. The van der Waals surface area contributed by atoms with E-state index in [2.05, 4.69) is 56.1 Å². The van der Waals surface area contributed by atoms with Gasteiger partial charge >= 0.3 is 0 Å². The summed E-state index contributed by atoms with van der Waals surface area (Å²) in [7, 11) is 0.